The van der Waals surface area contributed by atoms with Crippen LogP contribution in [0.3, 0.4) is 0 Å². The van der Waals surface area contributed by atoms with Gasteiger partial charge in [-0.15, -0.1) is 0 Å². The first-order chi connectivity index (χ1) is 15.0. The molecular formula is C26H26O5. The zero-order valence-electron chi connectivity index (χ0n) is 17.7. The Morgan fingerprint density at radius 3 is 1.90 bits per heavy atom. The van der Waals surface area contributed by atoms with Gasteiger partial charge >= 0.3 is 5.97 Å². The molecule has 0 saturated carbocycles. The number of hydrogen-bond acceptors (Lipinski definition) is 5. The van der Waals surface area contributed by atoms with Crippen LogP contribution < -0.4 is 4.74 Å². The van der Waals surface area contributed by atoms with Crippen LogP contribution in [0.2, 0.25) is 0 Å². The van der Waals surface area contributed by atoms with Crippen LogP contribution in [0.25, 0.3) is 11.1 Å². The molecule has 0 atom stereocenters. The fourth-order valence-corrected chi connectivity index (χ4v) is 3.42. The van der Waals surface area contributed by atoms with Gasteiger partial charge < -0.3 is 19.7 Å². The highest BCUT2D eigenvalue weighted by atomic mass is 16.6. The van der Waals surface area contributed by atoms with Crippen molar-refractivity contribution in [1.29, 1.82) is 0 Å². The predicted molar refractivity (Wildman–Crippen MR) is 121 cm³/mol. The van der Waals surface area contributed by atoms with E-state index in [1.807, 2.05) is 42.5 Å². The summed E-state index contributed by atoms with van der Waals surface area (Å²) in [6.45, 7) is 3.99. The molecule has 160 valence electrons. The van der Waals surface area contributed by atoms with Crippen molar-refractivity contribution in [1.82, 2.24) is 0 Å². The molecule has 0 aliphatic rings. The Morgan fingerprint density at radius 1 is 0.806 bits per heavy atom. The molecule has 31 heavy (non-hydrogen) atoms. The van der Waals surface area contributed by atoms with Crippen LogP contribution in [-0.4, -0.2) is 29.4 Å². The van der Waals surface area contributed by atoms with Crippen LogP contribution in [0.1, 0.15) is 37.0 Å². The third-order valence-electron chi connectivity index (χ3n) is 4.81. The molecular weight excluding hydrogens is 392 g/mol. The van der Waals surface area contributed by atoms with E-state index in [0.29, 0.717) is 12.4 Å². The zero-order chi connectivity index (χ0) is 22.2. The Kier molecular flexibility index (Phi) is 7.33. The van der Waals surface area contributed by atoms with Crippen molar-refractivity contribution in [3.05, 3.63) is 89.5 Å². The highest BCUT2D eigenvalue weighted by Gasteiger charge is 2.14. The Morgan fingerprint density at radius 2 is 1.39 bits per heavy atom. The number of phenolic OH excluding ortho intramolecular Hbond substituents is 2. The molecule has 3 aromatic rings. The van der Waals surface area contributed by atoms with E-state index >= 15 is 0 Å². The first-order valence-corrected chi connectivity index (χ1v) is 10.2. The molecule has 0 unspecified atom stereocenters. The van der Waals surface area contributed by atoms with Crippen molar-refractivity contribution >= 4 is 17.1 Å². The first kappa shape index (κ1) is 22.0. The Labute approximate surface area is 182 Å². The molecule has 0 spiro atoms. The average Bonchev–Trinajstić information content (AvgIpc) is 2.78. The minimum absolute atomic E-state index is 0.148. The average molecular weight is 418 g/mol. The summed E-state index contributed by atoms with van der Waals surface area (Å²) in [6.07, 6.45) is 0.735. The van der Waals surface area contributed by atoms with Crippen LogP contribution in [-0.2, 0) is 9.53 Å². The van der Waals surface area contributed by atoms with E-state index in [4.69, 9.17) is 9.47 Å². The van der Waals surface area contributed by atoms with Gasteiger partial charge in [0, 0.05) is 0 Å². The van der Waals surface area contributed by atoms with Crippen LogP contribution in [0.4, 0.5) is 0 Å². The van der Waals surface area contributed by atoms with Gasteiger partial charge in [-0.3, -0.25) is 0 Å². The highest BCUT2D eigenvalue weighted by Crippen LogP contribution is 2.36. The van der Waals surface area contributed by atoms with Crippen LogP contribution in [0.15, 0.2) is 72.8 Å². The number of carbonyl (C=O) groups is 1. The van der Waals surface area contributed by atoms with Gasteiger partial charge in [0.2, 0.25) is 0 Å². The topological polar surface area (TPSA) is 76.0 Å². The Balaban J connectivity index is 2.07. The fraction of sp³-hybridized carbons (Fsp3) is 0.192. The Hall–Kier alpha value is -3.73. The highest BCUT2D eigenvalue weighted by molar-refractivity contribution is 5.98. The quantitative estimate of drug-likeness (QED) is 0.378. The lowest BCUT2D eigenvalue weighted by Crippen LogP contribution is -2.14. The van der Waals surface area contributed by atoms with E-state index in [0.717, 1.165) is 34.3 Å². The maximum atomic E-state index is 11.6. The number of rotatable bonds is 8. The van der Waals surface area contributed by atoms with Gasteiger partial charge in [0.25, 0.3) is 0 Å². The summed E-state index contributed by atoms with van der Waals surface area (Å²) in [5, 5.41) is 19.5. The Bertz CT molecular complexity index is 1000. The van der Waals surface area contributed by atoms with Crippen molar-refractivity contribution in [3.63, 3.8) is 0 Å². The van der Waals surface area contributed by atoms with Gasteiger partial charge in [-0.25, -0.2) is 4.79 Å². The maximum Gasteiger partial charge on any atom is 0.344 e. The second-order valence-electron chi connectivity index (χ2n) is 6.92. The second kappa shape index (κ2) is 10.3. The van der Waals surface area contributed by atoms with Crippen LogP contribution >= 0.6 is 0 Å². The number of hydrogen-bond donors (Lipinski definition) is 2. The summed E-state index contributed by atoms with van der Waals surface area (Å²) in [6, 6.07) is 21.7. The number of phenols is 2. The lowest BCUT2D eigenvalue weighted by atomic mass is 9.88. The maximum absolute atomic E-state index is 11.6. The van der Waals surface area contributed by atoms with Crippen LogP contribution in [0, 0.1) is 0 Å². The summed E-state index contributed by atoms with van der Waals surface area (Å²) >= 11 is 0. The van der Waals surface area contributed by atoms with Gasteiger partial charge in [-0.05, 0) is 77.6 Å². The minimum Gasteiger partial charge on any atom is -0.508 e. The van der Waals surface area contributed by atoms with Gasteiger partial charge in [-0.2, -0.15) is 0 Å². The third-order valence-corrected chi connectivity index (χ3v) is 4.81. The van der Waals surface area contributed by atoms with Crippen molar-refractivity contribution in [2.45, 2.75) is 20.3 Å². The van der Waals surface area contributed by atoms with Crippen molar-refractivity contribution in [3.8, 4) is 17.2 Å². The summed E-state index contributed by atoms with van der Waals surface area (Å²) in [4.78, 5) is 11.6. The van der Waals surface area contributed by atoms with Crippen molar-refractivity contribution in [2.75, 3.05) is 13.2 Å². The number of allylic oxidation sites excluding steroid dienone is 1. The van der Waals surface area contributed by atoms with Crippen molar-refractivity contribution < 1.29 is 24.5 Å². The van der Waals surface area contributed by atoms with E-state index in [1.165, 1.54) is 0 Å². The molecule has 2 N–H and O–H groups in total. The third kappa shape index (κ3) is 5.66. The normalized spacial score (nSPS) is 10.4. The fourth-order valence-electron chi connectivity index (χ4n) is 3.42. The van der Waals surface area contributed by atoms with E-state index in [-0.39, 0.29) is 18.1 Å². The molecule has 0 bridgehead atoms. The number of ether oxygens (including phenoxy) is 2. The zero-order valence-corrected chi connectivity index (χ0v) is 17.7. The molecule has 3 aromatic carbocycles. The predicted octanol–water partition coefficient (Wildman–Crippen LogP) is 5.41. The van der Waals surface area contributed by atoms with E-state index in [9.17, 15) is 15.0 Å². The van der Waals surface area contributed by atoms with E-state index < -0.39 is 5.97 Å². The smallest absolute Gasteiger partial charge is 0.344 e. The summed E-state index contributed by atoms with van der Waals surface area (Å²) < 4.78 is 10.5. The lowest BCUT2D eigenvalue weighted by molar-refractivity contribution is -0.145. The van der Waals surface area contributed by atoms with Gasteiger partial charge in [0.05, 0.1) is 6.61 Å². The SMILES string of the molecule is CCOC(=O)COc1cccc(C(CC)=C(c2ccc(O)cc2)c2ccc(O)cc2)c1. The molecule has 0 fully saturated rings. The number of carbonyl (C=O) groups excluding carboxylic acids is 1. The molecule has 0 heterocycles. The summed E-state index contributed by atoms with van der Waals surface area (Å²) in [5.41, 5.74) is 4.90. The molecule has 0 aliphatic heterocycles. The monoisotopic (exact) mass is 418 g/mol. The lowest BCUT2D eigenvalue weighted by Gasteiger charge is -2.17. The molecule has 0 amide bonds. The van der Waals surface area contributed by atoms with Crippen molar-refractivity contribution in [2.24, 2.45) is 0 Å². The molecule has 0 aromatic heterocycles. The molecule has 0 radical (unpaired) electrons. The summed E-state index contributed by atoms with van der Waals surface area (Å²) in [7, 11) is 0. The van der Waals surface area contributed by atoms with Gasteiger partial charge in [-0.1, -0.05) is 43.3 Å². The molecule has 0 saturated heterocycles. The second-order valence-corrected chi connectivity index (χ2v) is 6.92. The first-order valence-electron chi connectivity index (χ1n) is 10.2. The molecule has 3 rings (SSSR count). The van der Waals surface area contributed by atoms with E-state index in [2.05, 4.69) is 6.92 Å². The number of aromatic hydroxyl groups is 2. The standard InChI is InChI=1S/C26H26O5/c1-3-24(20-6-5-7-23(16-20)31-17-25(29)30-4-2)26(18-8-12-21(27)13-9-18)19-10-14-22(28)15-11-19/h5-16,27-28H,3-4,17H2,1-2H3. The number of esters is 1. The molecule has 5 heteroatoms. The largest absolute Gasteiger partial charge is 0.508 e. The number of benzene rings is 3. The van der Waals surface area contributed by atoms with Crippen LogP contribution in [0.5, 0.6) is 17.2 Å². The summed E-state index contributed by atoms with van der Waals surface area (Å²) in [5.74, 6) is 0.558. The van der Waals surface area contributed by atoms with Gasteiger partial charge in [0.15, 0.2) is 6.61 Å². The molecule has 5 nitrogen and oxygen atoms in total. The van der Waals surface area contributed by atoms with E-state index in [1.54, 1.807) is 37.3 Å². The van der Waals surface area contributed by atoms with Gasteiger partial charge in [0.1, 0.15) is 17.2 Å². The minimum atomic E-state index is -0.409. The molecule has 0 aliphatic carbocycles.